The minimum absolute atomic E-state index is 0.0653. The van der Waals surface area contributed by atoms with Crippen LogP contribution in [0.3, 0.4) is 0 Å². The molecule has 0 aliphatic carbocycles. The predicted molar refractivity (Wildman–Crippen MR) is 63.8 cm³/mol. The number of thiazole rings is 1. The van der Waals surface area contributed by atoms with Crippen LogP contribution < -0.4 is 4.74 Å². The van der Waals surface area contributed by atoms with Gasteiger partial charge in [-0.25, -0.2) is 4.98 Å². The van der Waals surface area contributed by atoms with Gasteiger partial charge in [0.25, 0.3) is 0 Å². The van der Waals surface area contributed by atoms with E-state index in [-0.39, 0.29) is 6.61 Å². The Labute approximate surface area is 98.4 Å². The second-order valence-corrected chi connectivity index (χ2v) is 4.61. The third kappa shape index (κ3) is 2.59. The van der Waals surface area contributed by atoms with Gasteiger partial charge in [-0.05, 0) is 17.7 Å². The van der Waals surface area contributed by atoms with E-state index in [0.29, 0.717) is 0 Å². The summed E-state index contributed by atoms with van der Waals surface area (Å²) in [5.74, 6) is 0.858. The van der Waals surface area contributed by atoms with Crippen molar-refractivity contribution in [3.63, 3.8) is 0 Å². The van der Waals surface area contributed by atoms with Crippen molar-refractivity contribution < 1.29 is 9.84 Å². The summed E-state index contributed by atoms with van der Waals surface area (Å²) in [6.07, 6.45) is 2.50. The Balaban J connectivity index is 2.13. The maximum atomic E-state index is 8.95. The maximum absolute atomic E-state index is 8.95. The first-order chi connectivity index (χ1) is 7.81. The Morgan fingerprint density at radius 2 is 2.31 bits per heavy atom. The van der Waals surface area contributed by atoms with E-state index in [9.17, 15) is 0 Å². The van der Waals surface area contributed by atoms with Gasteiger partial charge in [-0.3, -0.25) is 0 Å². The van der Waals surface area contributed by atoms with Crippen LogP contribution in [0.15, 0.2) is 30.5 Å². The lowest BCUT2D eigenvalue weighted by molar-refractivity contribution is 0.285. The first kappa shape index (κ1) is 11.1. The zero-order valence-electron chi connectivity index (χ0n) is 9.01. The van der Waals surface area contributed by atoms with Crippen LogP contribution in [0.4, 0.5) is 0 Å². The van der Waals surface area contributed by atoms with E-state index in [1.807, 2.05) is 24.3 Å². The summed E-state index contributed by atoms with van der Waals surface area (Å²) in [4.78, 5) is 5.16. The van der Waals surface area contributed by atoms with Crippen molar-refractivity contribution in [2.75, 3.05) is 7.11 Å². The standard InChI is InChI=1S/C12H13NO2S/c1-15-10-4-2-3-9(5-10)6-12-13-7-11(8-14)16-12/h2-5,7,14H,6,8H2,1H3. The lowest BCUT2D eigenvalue weighted by Crippen LogP contribution is -1.88. The van der Waals surface area contributed by atoms with Gasteiger partial charge in [-0.1, -0.05) is 12.1 Å². The van der Waals surface area contributed by atoms with Crippen molar-refractivity contribution in [3.8, 4) is 5.75 Å². The summed E-state index contributed by atoms with van der Waals surface area (Å²) in [6, 6.07) is 7.93. The molecule has 0 spiro atoms. The van der Waals surface area contributed by atoms with Gasteiger partial charge in [0, 0.05) is 12.6 Å². The highest BCUT2D eigenvalue weighted by Gasteiger charge is 2.03. The van der Waals surface area contributed by atoms with Gasteiger partial charge in [-0.15, -0.1) is 11.3 Å². The molecule has 4 heteroatoms. The van der Waals surface area contributed by atoms with Crippen molar-refractivity contribution in [1.29, 1.82) is 0 Å². The van der Waals surface area contributed by atoms with Crippen LogP contribution in [0.2, 0.25) is 0 Å². The normalized spacial score (nSPS) is 10.4. The average Bonchev–Trinajstić information content (AvgIpc) is 2.77. The Kier molecular flexibility index (Phi) is 3.54. The smallest absolute Gasteiger partial charge is 0.119 e. The average molecular weight is 235 g/mol. The zero-order chi connectivity index (χ0) is 11.4. The van der Waals surface area contributed by atoms with Crippen molar-refractivity contribution in [2.45, 2.75) is 13.0 Å². The maximum Gasteiger partial charge on any atom is 0.119 e. The van der Waals surface area contributed by atoms with Crippen molar-refractivity contribution >= 4 is 11.3 Å². The number of hydrogen-bond acceptors (Lipinski definition) is 4. The zero-order valence-corrected chi connectivity index (χ0v) is 9.83. The Morgan fingerprint density at radius 1 is 1.44 bits per heavy atom. The molecule has 0 saturated carbocycles. The lowest BCUT2D eigenvalue weighted by Gasteiger charge is -2.02. The monoisotopic (exact) mass is 235 g/mol. The van der Waals surface area contributed by atoms with Crippen LogP contribution in [-0.2, 0) is 13.0 Å². The summed E-state index contributed by atoms with van der Waals surface area (Å²) >= 11 is 1.54. The van der Waals surface area contributed by atoms with E-state index in [4.69, 9.17) is 9.84 Å². The molecule has 1 N–H and O–H groups in total. The first-order valence-corrected chi connectivity index (χ1v) is 5.81. The minimum Gasteiger partial charge on any atom is -0.497 e. The molecule has 0 fully saturated rings. The molecule has 16 heavy (non-hydrogen) atoms. The van der Waals surface area contributed by atoms with E-state index in [1.165, 1.54) is 11.3 Å². The number of nitrogens with zero attached hydrogens (tertiary/aromatic N) is 1. The van der Waals surface area contributed by atoms with Crippen molar-refractivity contribution in [2.24, 2.45) is 0 Å². The molecule has 0 radical (unpaired) electrons. The van der Waals surface area contributed by atoms with Gasteiger partial charge in [-0.2, -0.15) is 0 Å². The van der Waals surface area contributed by atoms with E-state index >= 15 is 0 Å². The van der Waals surface area contributed by atoms with Crippen LogP contribution in [0, 0.1) is 0 Å². The molecule has 0 atom stereocenters. The molecule has 84 valence electrons. The third-order valence-corrected chi connectivity index (χ3v) is 3.23. The highest BCUT2D eigenvalue weighted by Crippen LogP contribution is 2.19. The molecule has 1 aromatic heterocycles. The summed E-state index contributed by atoms with van der Waals surface area (Å²) in [5.41, 5.74) is 1.16. The number of benzene rings is 1. The van der Waals surface area contributed by atoms with Gasteiger partial charge < -0.3 is 9.84 Å². The van der Waals surface area contributed by atoms with Gasteiger partial charge in [0.1, 0.15) is 5.75 Å². The van der Waals surface area contributed by atoms with Gasteiger partial charge >= 0.3 is 0 Å². The molecule has 1 aromatic carbocycles. The molecule has 2 aromatic rings. The van der Waals surface area contributed by atoms with E-state index in [1.54, 1.807) is 13.3 Å². The lowest BCUT2D eigenvalue weighted by atomic mass is 10.1. The fraction of sp³-hybridized carbons (Fsp3) is 0.250. The molecule has 0 aliphatic heterocycles. The molecule has 0 unspecified atom stereocenters. The van der Waals surface area contributed by atoms with Crippen LogP contribution >= 0.6 is 11.3 Å². The van der Waals surface area contributed by atoms with Crippen molar-refractivity contribution in [3.05, 3.63) is 45.9 Å². The number of hydrogen-bond donors (Lipinski definition) is 1. The number of aliphatic hydroxyl groups is 1. The quantitative estimate of drug-likeness (QED) is 0.883. The third-order valence-electron chi connectivity index (χ3n) is 2.25. The Hall–Kier alpha value is -1.39. The second kappa shape index (κ2) is 5.09. The van der Waals surface area contributed by atoms with E-state index in [0.717, 1.165) is 27.6 Å². The van der Waals surface area contributed by atoms with Crippen LogP contribution in [0.25, 0.3) is 0 Å². The van der Waals surface area contributed by atoms with E-state index < -0.39 is 0 Å². The van der Waals surface area contributed by atoms with Crippen LogP contribution in [0.5, 0.6) is 5.75 Å². The molecule has 3 nitrogen and oxygen atoms in total. The summed E-state index contributed by atoms with van der Waals surface area (Å²) < 4.78 is 5.16. The Morgan fingerprint density at radius 3 is 3.00 bits per heavy atom. The molecule has 1 heterocycles. The highest BCUT2D eigenvalue weighted by atomic mass is 32.1. The SMILES string of the molecule is COc1cccc(Cc2ncc(CO)s2)c1. The van der Waals surface area contributed by atoms with Gasteiger partial charge in [0.05, 0.1) is 23.6 Å². The fourth-order valence-corrected chi connectivity index (χ4v) is 2.28. The molecular formula is C12H13NO2S. The summed E-state index contributed by atoms with van der Waals surface area (Å²) in [6.45, 7) is 0.0653. The molecule has 2 rings (SSSR count). The summed E-state index contributed by atoms with van der Waals surface area (Å²) in [7, 11) is 1.66. The second-order valence-electron chi connectivity index (χ2n) is 3.41. The van der Waals surface area contributed by atoms with E-state index in [2.05, 4.69) is 4.98 Å². The Bertz CT molecular complexity index is 468. The molecule has 0 saturated heterocycles. The van der Waals surface area contributed by atoms with Gasteiger partial charge in [0.2, 0.25) is 0 Å². The molecule has 0 amide bonds. The minimum atomic E-state index is 0.0653. The number of ether oxygens (including phenoxy) is 1. The molecular weight excluding hydrogens is 222 g/mol. The van der Waals surface area contributed by atoms with Gasteiger partial charge in [0.15, 0.2) is 0 Å². The fourth-order valence-electron chi connectivity index (χ4n) is 1.46. The number of methoxy groups -OCH3 is 1. The number of rotatable bonds is 4. The van der Waals surface area contributed by atoms with Crippen LogP contribution in [-0.4, -0.2) is 17.2 Å². The summed E-state index contributed by atoms with van der Waals surface area (Å²) in [5, 5.41) is 9.96. The predicted octanol–water partition coefficient (Wildman–Crippen LogP) is 2.23. The first-order valence-electron chi connectivity index (χ1n) is 4.99. The highest BCUT2D eigenvalue weighted by molar-refractivity contribution is 7.11. The topological polar surface area (TPSA) is 42.4 Å². The number of aliphatic hydroxyl groups excluding tert-OH is 1. The molecule has 0 aliphatic rings. The van der Waals surface area contributed by atoms with Crippen LogP contribution in [0.1, 0.15) is 15.4 Å². The largest absolute Gasteiger partial charge is 0.497 e. The van der Waals surface area contributed by atoms with Crippen molar-refractivity contribution in [1.82, 2.24) is 4.98 Å². The number of aromatic nitrogens is 1. The molecule has 0 bridgehead atoms.